The third kappa shape index (κ3) is 5.27. The molecule has 0 radical (unpaired) electrons. The van der Waals surface area contributed by atoms with Crippen molar-refractivity contribution < 1.29 is 4.74 Å². The Morgan fingerprint density at radius 2 is 1.80 bits per heavy atom. The Morgan fingerprint density at radius 3 is 2.54 bits per heavy atom. The number of morpholine rings is 1. The van der Waals surface area contributed by atoms with Gasteiger partial charge in [-0.05, 0) is 61.8 Å². The van der Waals surface area contributed by atoms with Gasteiger partial charge in [-0.2, -0.15) is 0 Å². The maximum Gasteiger partial charge on any atom is 0.170 e. The van der Waals surface area contributed by atoms with Crippen molar-refractivity contribution in [3.63, 3.8) is 0 Å². The molecular weight excluding hydrogens is 454 g/mol. The molecule has 2 saturated heterocycles. The number of ether oxygens (including phenoxy) is 1. The zero-order valence-corrected chi connectivity index (χ0v) is 21.5. The van der Waals surface area contributed by atoms with Crippen LogP contribution in [0.25, 0.3) is 0 Å². The van der Waals surface area contributed by atoms with Gasteiger partial charge in [-0.1, -0.05) is 36.4 Å². The number of hydrogen-bond acceptors (Lipinski definition) is 4. The van der Waals surface area contributed by atoms with Crippen LogP contribution < -0.4 is 5.32 Å². The largest absolute Gasteiger partial charge is 0.379 e. The number of benzene rings is 1. The van der Waals surface area contributed by atoms with Gasteiger partial charge in [0.15, 0.2) is 5.11 Å². The molecule has 2 atom stereocenters. The Hall–Kier alpha value is -2.74. The van der Waals surface area contributed by atoms with Crippen LogP contribution in [0.2, 0.25) is 0 Å². The predicted octanol–water partition coefficient (Wildman–Crippen LogP) is 4.39. The lowest BCUT2D eigenvalue weighted by atomic mass is 9.96. The normalized spacial score (nSPS) is 20.9. The summed E-state index contributed by atoms with van der Waals surface area (Å²) in [5.41, 5.74) is 6.22. The van der Waals surface area contributed by atoms with Gasteiger partial charge in [-0.25, -0.2) is 0 Å². The van der Waals surface area contributed by atoms with Crippen LogP contribution in [0.3, 0.4) is 0 Å². The lowest BCUT2D eigenvalue weighted by Gasteiger charge is -2.28. The van der Waals surface area contributed by atoms with Crippen molar-refractivity contribution in [2.24, 2.45) is 0 Å². The van der Waals surface area contributed by atoms with Crippen LogP contribution in [-0.2, 0) is 17.8 Å². The molecule has 0 spiro atoms. The second kappa shape index (κ2) is 10.9. The summed E-state index contributed by atoms with van der Waals surface area (Å²) >= 11 is 5.88. The van der Waals surface area contributed by atoms with Crippen molar-refractivity contribution in [2.75, 3.05) is 32.8 Å². The highest BCUT2D eigenvalue weighted by molar-refractivity contribution is 7.80. The molecule has 2 fully saturated rings. The van der Waals surface area contributed by atoms with Gasteiger partial charge in [-0.3, -0.25) is 9.88 Å². The summed E-state index contributed by atoms with van der Waals surface area (Å²) in [7, 11) is 0. The monoisotopic (exact) mass is 489 g/mol. The van der Waals surface area contributed by atoms with Crippen LogP contribution in [0.5, 0.6) is 0 Å². The number of rotatable bonds is 8. The highest BCUT2D eigenvalue weighted by Gasteiger charge is 2.41. The fourth-order valence-corrected chi connectivity index (χ4v) is 5.75. The molecule has 2 aromatic heterocycles. The number of thiocarbonyl (C=S) groups is 1. The molecule has 2 aliphatic rings. The number of pyridine rings is 1. The van der Waals surface area contributed by atoms with Crippen LogP contribution in [0.4, 0.5) is 0 Å². The lowest BCUT2D eigenvalue weighted by Crippen LogP contribution is -2.37. The Morgan fingerprint density at radius 1 is 1.03 bits per heavy atom. The molecular formula is C28H35N5OS. The predicted molar refractivity (Wildman–Crippen MR) is 143 cm³/mol. The third-order valence-electron chi connectivity index (χ3n) is 7.28. The van der Waals surface area contributed by atoms with E-state index in [0.717, 1.165) is 63.2 Å². The number of nitrogens with zero attached hydrogens (tertiary/aromatic N) is 4. The Labute approximate surface area is 213 Å². The van der Waals surface area contributed by atoms with E-state index in [2.05, 4.69) is 82.1 Å². The first-order valence-corrected chi connectivity index (χ1v) is 13.0. The summed E-state index contributed by atoms with van der Waals surface area (Å²) in [4.78, 5) is 9.55. The number of aromatic nitrogens is 2. The smallest absolute Gasteiger partial charge is 0.170 e. The van der Waals surface area contributed by atoms with Gasteiger partial charge in [0.1, 0.15) is 0 Å². The van der Waals surface area contributed by atoms with Crippen molar-refractivity contribution in [1.29, 1.82) is 0 Å². The summed E-state index contributed by atoms with van der Waals surface area (Å²) in [6.45, 7) is 11.2. The van der Waals surface area contributed by atoms with E-state index < -0.39 is 0 Å². The summed E-state index contributed by atoms with van der Waals surface area (Å²) in [5, 5.41) is 4.38. The SMILES string of the molecule is Cc1cc([C@@H]2[C@@H](c3ccccn3)NC(=S)N2Cc2ccccc2)c(C)n1CCCN1CCOCC1. The van der Waals surface area contributed by atoms with Crippen LogP contribution in [-0.4, -0.2) is 57.3 Å². The minimum atomic E-state index is 0.00899. The van der Waals surface area contributed by atoms with E-state index in [-0.39, 0.29) is 12.1 Å². The highest BCUT2D eigenvalue weighted by atomic mass is 32.1. The fraction of sp³-hybridized carbons (Fsp3) is 0.429. The quantitative estimate of drug-likeness (QED) is 0.474. The molecule has 0 unspecified atom stereocenters. The minimum Gasteiger partial charge on any atom is -0.379 e. The Bertz CT molecular complexity index is 1130. The van der Waals surface area contributed by atoms with Gasteiger partial charge >= 0.3 is 0 Å². The minimum absolute atomic E-state index is 0.00899. The van der Waals surface area contributed by atoms with Crippen molar-refractivity contribution in [1.82, 2.24) is 24.7 Å². The number of aryl methyl sites for hydroxylation is 1. The molecule has 1 N–H and O–H groups in total. The number of hydrogen-bond donors (Lipinski definition) is 1. The van der Waals surface area contributed by atoms with Gasteiger partial charge in [0, 0.05) is 50.3 Å². The second-order valence-corrected chi connectivity index (χ2v) is 9.91. The van der Waals surface area contributed by atoms with Gasteiger partial charge in [0.05, 0.1) is 31.0 Å². The summed E-state index contributed by atoms with van der Waals surface area (Å²) in [6.07, 6.45) is 3.00. The average molecular weight is 490 g/mol. The van der Waals surface area contributed by atoms with E-state index in [9.17, 15) is 0 Å². The molecule has 0 aliphatic carbocycles. The van der Waals surface area contributed by atoms with Gasteiger partial charge < -0.3 is 19.5 Å². The van der Waals surface area contributed by atoms with Crippen molar-refractivity contribution in [2.45, 2.75) is 45.4 Å². The molecule has 1 aromatic carbocycles. The summed E-state index contributed by atoms with van der Waals surface area (Å²) in [6, 6.07) is 19.1. The molecule has 7 heteroatoms. The molecule has 6 nitrogen and oxygen atoms in total. The standard InChI is InChI=1S/C28H35N5OS/c1-21-19-24(22(2)32(21)14-8-13-31-15-17-34-18-16-31)27-26(25-11-6-7-12-29-25)30-28(35)33(27)20-23-9-4-3-5-10-23/h3-7,9-12,19,26-27H,8,13-18,20H2,1-2H3,(H,30,35)/t26-,27-/m1/s1. The maximum absolute atomic E-state index is 5.88. The Balaban J connectivity index is 1.42. The highest BCUT2D eigenvalue weighted by Crippen LogP contribution is 2.41. The zero-order chi connectivity index (χ0) is 24.2. The van der Waals surface area contributed by atoms with E-state index in [1.54, 1.807) is 0 Å². The molecule has 0 amide bonds. The molecule has 3 aromatic rings. The van der Waals surface area contributed by atoms with Crippen LogP contribution >= 0.6 is 12.2 Å². The topological polar surface area (TPSA) is 45.6 Å². The van der Waals surface area contributed by atoms with E-state index >= 15 is 0 Å². The number of nitrogens with one attached hydrogen (secondary N) is 1. The van der Waals surface area contributed by atoms with Crippen molar-refractivity contribution in [3.8, 4) is 0 Å². The van der Waals surface area contributed by atoms with Gasteiger partial charge in [-0.15, -0.1) is 0 Å². The average Bonchev–Trinajstić information content (AvgIpc) is 3.36. The summed E-state index contributed by atoms with van der Waals surface area (Å²) in [5.74, 6) is 0. The molecule has 0 bridgehead atoms. The van der Waals surface area contributed by atoms with E-state index in [1.165, 1.54) is 22.5 Å². The summed E-state index contributed by atoms with van der Waals surface area (Å²) < 4.78 is 7.98. The van der Waals surface area contributed by atoms with Crippen LogP contribution in [0, 0.1) is 13.8 Å². The van der Waals surface area contributed by atoms with Gasteiger partial charge in [0.2, 0.25) is 0 Å². The zero-order valence-electron chi connectivity index (χ0n) is 20.7. The molecule has 5 rings (SSSR count). The molecule has 2 aliphatic heterocycles. The molecule has 35 heavy (non-hydrogen) atoms. The first-order valence-electron chi connectivity index (χ1n) is 12.6. The lowest BCUT2D eigenvalue weighted by molar-refractivity contribution is 0.0369. The molecule has 4 heterocycles. The van der Waals surface area contributed by atoms with Crippen LogP contribution in [0.15, 0.2) is 60.8 Å². The van der Waals surface area contributed by atoms with Gasteiger partial charge in [0.25, 0.3) is 0 Å². The fourth-order valence-electron chi connectivity index (χ4n) is 5.44. The molecule has 184 valence electrons. The second-order valence-electron chi connectivity index (χ2n) is 9.53. The van der Waals surface area contributed by atoms with E-state index in [4.69, 9.17) is 21.9 Å². The van der Waals surface area contributed by atoms with Crippen LogP contribution in [0.1, 0.15) is 46.7 Å². The van der Waals surface area contributed by atoms with Crippen molar-refractivity contribution >= 4 is 17.3 Å². The van der Waals surface area contributed by atoms with Crippen molar-refractivity contribution in [3.05, 3.63) is 89.0 Å². The molecule has 0 saturated carbocycles. The third-order valence-corrected chi connectivity index (χ3v) is 7.64. The Kier molecular flexibility index (Phi) is 7.46. The first-order chi connectivity index (χ1) is 17.1. The first kappa shape index (κ1) is 24.0. The maximum atomic E-state index is 5.88. The van der Waals surface area contributed by atoms with E-state index in [1.807, 2.05) is 12.3 Å². The van der Waals surface area contributed by atoms with E-state index in [0.29, 0.717) is 0 Å².